The third kappa shape index (κ3) is 4.67. The van der Waals surface area contributed by atoms with E-state index in [2.05, 4.69) is 20.0 Å². The highest BCUT2D eigenvalue weighted by atomic mass is 16.2. The summed E-state index contributed by atoms with van der Waals surface area (Å²) in [6, 6.07) is 10.0. The molecule has 1 aromatic carbocycles. The van der Waals surface area contributed by atoms with Crippen LogP contribution in [0, 0.1) is 13.8 Å². The van der Waals surface area contributed by atoms with Crippen LogP contribution in [0.5, 0.6) is 0 Å². The molecule has 0 atom stereocenters. The van der Waals surface area contributed by atoms with Crippen molar-refractivity contribution in [3.63, 3.8) is 0 Å². The monoisotopic (exact) mass is 380 g/mol. The van der Waals surface area contributed by atoms with Gasteiger partial charge < -0.3 is 14.8 Å². The number of nitrogens with zero attached hydrogens (tertiary/aromatic N) is 5. The van der Waals surface area contributed by atoms with Crippen LogP contribution in [0.4, 0.5) is 0 Å². The van der Waals surface area contributed by atoms with E-state index in [0.717, 1.165) is 34.9 Å². The lowest BCUT2D eigenvalue weighted by Crippen LogP contribution is -2.37. The van der Waals surface area contributed by atoms with Gasteiger partial charge in [0, 0.05) is 30.5 Å². The number of hydrogen-bond donors (Lipinski definition) is 1. The Balaban J connectivity index is 1.80. The number of amides is 1. The number of benzene rings is 1. The first-order valence-electron chi connectivity index (χ1n) is 9.46. The summed E-state index contributed by atoms with van der Waals surface area (Å²) in [5.41, 5.74) is 4.83. The van der Waals surface area contributed by atoms with Crippen LogP contribution in [0.25, 0.3) is 5.69 Å². The number of rotatable bonds is 8. The van der Waals surface area contributed by atoms with Crippen molar-refractivity contribution >= 4 is 5.91 Å². The summed E-state index contributed by atoms with van der Waals surface area (Å²) in [5, 5.41) is 4.66. The first-order valence-corrected chi connectivity index (χ1v) is 9.46. The van der Waals surface area contributed by atoms with Gasteiger partial charge in [-0.05, 0) is 40.1 Å². The van der Waals surface area contributed by atoms with Gasteiger partial charge in [0.2, 0.25) is 5.91 Å². The van der Waals surface area contributed by atoms with Crippen LogP contribution >= 0.6 is 0 Å². The molecular weight excluding hydrogens is 352 g/mol. The number of carbonyl (C=O) groups excluding carboxylic acids is 1. The highest BCUT2D eigenvalue weighted by Gasteiger charge is 2.20. The van der Waals surface area contributed by atoms with E-state index in [1.807, 2.05) is 67.9 Å². The SMILES string of the molecule is Cc1nn(-c2ccccc2)c(C)c1CC(=O)N(CCN(C)C)Cc1cnc[nH]1. The van der Waals surface area contributed by atoms with Gasteiger partial charge in [0.05, 0.1) is 36.4 Å². The molecule has 3 aromatic rings. The smallest absolute Gasteiger partial charge is 0.227 e. The molecule has 0 bridgehead atoms. The predicted octanol–water partition coefficient (Wildman–Crippen LogP) is 2.35. The minimum atomic E-state index is 0.0928. The number of para-hydroxylation sites is 1. The van der Waals surface area contributed by atoms with Crippen molar-refractivity contribution in [2.45, 2.75) is 26.8 Å². The molecule has 7 nitrogen and oxygen atoms in total. The van der Waals surface area contributed by atoms with Gasteiger partial charge in [-0.2, -0.15) is 5.10 Å². The van der Waals surface area contributed by atoms with Crippen LogP contribution in [-0.4, -0.2) is 62.6 Å². The summed E-state index contributed by atoms with van der Waals surface area (Å²) in [6.07, 6.45) is 3.74. The molecule has 0 saturated heterocycles. The Labute approximate surface area is 166 Å². The quantitative estimate of drug-likeness (QED) is 0.651. The van der Waals surface area contributed by atoms with Crippen molar-refractivity contribution in [3.8, 4) is 5.69 Å². The van der Waals surface area contributed by atoms with E-state index in [-0.39, 0.29) is 5.91 Å². The summed E-state index contributed by atoms with van der Waals surface area (Å²) in [6.45, 7) is 5.98. The van der Waals surface area contributed by atoms with E-state index >= 15 is 0 Å². The zero-order valence-electron chi connectivity index (χ0n) is 17.0. The second-order valence-corrected chi connectivity index (χ2v) is 7.27. The number of carbonyl (C=O) groups is 1. The molecule has 0 aliphatic carbocycles. The minimum Gasteiger partial charge on any atom is -0.347 e. The van der Waals surface area contributed by atoms with Crippen molar-refractivity contribution in [2.24, 2.45) is 0 Å². The molecule has 0 saturated carbocycles. The number of aromatic amines is 1. The Morgan fingerprint density at radius 1 is 1.14 bits per heavy atom. The first-order chi connectivity index (χ1) is 13.5. The van der Waals surface area contributed by atoms with Crippen molar-refractivity contribution < 1.29 is 4.79 Å². The van der Waals surface area contributed by atoms with Crippen molar-refractivity contribution in [1.29, 1.82) is 0 Å². The lowest BCUT2D eigenvalue weighted by atomic mass is 10.1. The maximum absolute atomic E-state index is 13.1. The van der Waals surface area contributed by atoms with Crippen LogP contribution in [0.3, 0.4) is 0 Å². The number of H-pyrrole nitrogens is 1. The maximum Gasteiger partial charge on any atom is 0.227 e. The number of nitrogens with one attached hydrogen (secondary N) is 1. The van der Waals surface area contributed by atoms with Gasteiger partial charge in [0.1, 0.15) is 0 Å². The molecule has 1 amide bonds. The van der Waals surface area contributed by atoms with E-state index < -0.39 is 0 Å². The Morgan fingerprint density at radius 3 is 2.54 bits per heavy atom. The van der Waals surface area contributed by atoms with Crippen molar-refractivity contribution in [1.82, 2.24) is 29.5 Å². The Bertz CT molecular complexity index is 899. The first kappa shape index (κ1) is 19.8. The fraction of sp³-hybridized carbons (Fsp3) is 0.381. The highest BCUT2D eigenvalue weighted by Crippen LogP contribution is 2.19. The van der Waals surface area contributed by atoms with E-state index in [9.17, 15) is 4.79 Å². The van der Waals surface area contributed by atoms with Crippen molar-refractivity contribution in [3.05, 3.63) is 65.5 Å². The fourth-order valence-corrected chi connectivity index (χ4v) is 3.20. The number of aromatic nitrogens is 4. The molecule has 2 heterocycles. The Hall–Kier alpha value is -2.93. The molecule has 1 N–H and O–H groups in total. The zero-order chi connectivity index (χ0) is 20.1. The largest absolute Gasteiger partial charge is 0.347 e. The van der Waals surface area contributed by atoms with Gasteiger partial charge in [0.15, 0.2) is 0 Å². The molecule has 0 spiro atoms. The van der Waals surface area contributed by atoms with Crippen LogP contribution in [0.15, 0.2) is 42.9 Å². The minimum absolute atomic E-state index is 0.0928. The highest BCUT2D eigenvalue weighted by molar-refractivity contribution is 5.79. The summed E-state index contributed by atoms with van der Waals surface area (Å²) >= 11 is 0. The van der Waals surface area contributed by atoms with Gasteiger partial charge in [-0.15, -0.1) is 0 Å². The van der Waals surface area contributed by atoms with Crippen LogP contribution < -0.4 is 0 Å². The van der Waals surface area contributed by atoms with Gasteiger partial charge >= 0.3 is 0 Å². The molecule has 148 valence electrons. The lowest BCUT2D eigenvalue weighted by molar-refractivity contribution is -0.131. The molecule has 0 unspecified atom stereocenters. The van der Waals surface area contributed by atoms with E-state index in [1.54, 1.807) is 12.5 Å². The van der Waals surface area contributed by atoms with E-state index in [1.165, 1.54) is 0 Å². The average molecular weight is 380 g/mol. The number of imidazole rings is 1. The molecule has 28 heavy (non-hydrogen) atoms. The summed E-state index contributed by atoms with van der Waals surface area (Å²) in [7, 11) is 4.02. The van der Waals surface area contributed by atoms with Gasteiger partial charge in [-0.25, -0.2) is 9.67 Å². The number of aryl methyl sites for hydroxylation is 1. The van der Waals surface area contributed by atoms with Gasteiger partial charge in [0.25, 0.3) is 0 Å². The van der Waals surface area contributed by atoms with E-state index in [4.69, 9.17) is 0 Å². The average Bonchev–Trinajstić information content (AvgIpc) is 3.29. The molecule has 0 aliphatic heterocycles. The van der Waals surface area contributed by atoms with Gasteiger partial charge in [-0.3, -0.25) is 4.79 Å². The predicted molar refractivity (Wildman–Crippen MR) is 109 cm³/mol. The third-order valence-corrected chi connectivity index (χ3v) is 4.86. The lowest BCUT2D eigenvalue weighted by Gasteiger charge is -2.24. The topological polar surface area (TPSA) is 70.1 Å². The zero-order valence-corrected chi connectivity index (χ0v) is 17.0. The summed E-state index contributed by atoms with van der Waals surface area (Å²) < 4.78 is 1.91. The van der Waals surface area contributed by atoms with Crippen molar-refractivity contribution in [2.75, 3.05) is 27.2 Å². The molecule has 0 radical (unpaired) electrons. The number of hydrogen-bond acceptors (Lipinski definition) is 4. The maximum atomic E-state index is 13.1. The summed E-state index contributed by atoms with van der Waals surface area (Å²) in [4.78, 5) is 24.2. The molecule has 7 heteroatoms. The number of likely N-dealkylation sites (N-methyl/N-ethyl adjacent to an activating group) is 1. The van der Waals surface area contributed by atoms with Crippen LogP contribution in [0.1, 0.15) is 22.6 Å². The molecule has 2 aromatic heterocycles. The fourth-order valence-electron chi connectivity index (χ4n) is 3.20. The molecule has 0 fully saturated rings. The summed E-state index contributed by atoms with van der Waals surface area (Å²) in [5.74, 6) is 0.0928. The molecule has 0 aliphatic rings. The third-order valence-electron chi connectivity index (χ3n) is 4.86. The normalized spacial score (nSPS) is 11.2. The molecular formula is C21H28N6O. The van der Waals surface area contributed by atoms with E-state index in [0.29, 0.717) is 19.5 Å². The standard InChI is InChI=1S/C21H28N6O/c1-16-20(17(2)27(24-16)19-8-6-5-7-9-19)12-21(28)26(11-10-25(3)4)14-18-13-22-15-23-18/h5-9,13,15H,10-12,14H2,1-4H3,(H,22,23). The second kappa shape index (κ2) is 8.84. The van der Waals surface area contributed by atoms with Crippen LogP contribution in [0.2, 0.25) is 0 Å². The Morgan fingerprint density at radius 2 is 1.89 bits per heavy atom. The van der Waals surface area contributed by atoms with Crippen LogP contribution in [-0.2, 0) is 17.8 Å². The second-order valence-electron chi connectivity index (χ2n) is 7.27. The Kier molecular flexibility index (Phi) is 6.26. The van der Waals surface area contributed by atoms with Gasteiger partial charge in [-0.1, -0.05) is 18.2 Å². The molecule has 3 rings (SSSR count).